The van der Waals surface area contributed by atoms with Gasteiger partial charge in [0.25, 0.3) is 0 Å². The first-order valence-corrected chi connectivity index (χ1v) is 26.8. The normalized spacial score (nSPS) is 21.1. The number of halogens is 1. The van der Waals surface area contributed by atoms with Crippen LogP contribution < -0.4 is 54.1 Å². The topological polar surface area (TPSA) is 385 Å². The molecule has 1 saturated carbocycles. The number of nitrogens with one attached hydrogen (secondary N) is 8. The number of guanidine groups is 1. The number of phenols is 1. The number of alkyl halides is 1. The van der Waals surface area contributed by atoms with E-state index in [2.05, 4.69) is 57.6 Å². The Morgan fingerprint density at radius 3 is 2.21 bits per heavy atom. The van der Waals surface area contributed by atoms with Crippen molar-refractivity contribution in [3.05, 3.63) is 89.5 Å². The molecule has 430 valence electrons. The number of unbranched alkanes of at least 4 members (excludes halogenated alkanes) is 1. The smallest absolute Gasteiger partial charge is 0.305 e. The van der Waals surface area contributed by atoms with Gasteiger partial charge in [-0.2, -0.15) is 5.10 Å². The van der Waals surface area contributed by atoms with Gasteiger partial charge in [-0.15, -0.1) is 0 Å². The zero-order chi connectivity index (χ0) is 57.4. The zero-order valence-corrected chi connectivity index (χ0v) is 44.3. The number of carboxylic acids is 1. The number of allylic oxidation sites excluding steroid dienone is 1. The van der Waals surface area contributed by atoms with E-state index in [-0.39, 0.29) is 107 Å². The highest BCUT2D eigenvalue weighted by Crippen LogP contribution is 2.37. The number of aromatic hydroxyl groups is 1. The molecule has 1 aliphatic carbocycles. The Labute approximate surface area is 461 Å². The maximum atomic E-state index is 14.1. The van der Waals surface area contributed by atoms with E-state index in [0.29, 0.717) is 23.4 Å². The fourth-order valence-corrected chi connectivity index (χ4v) is 9.48. The van der Waals surface area contributed by atoms with Crippen molar-refractivity contribution in [1.29, 1.82) is 0 Å². The van der Waals surface area contributed by atoms with Crippen LogP contribution in [0, 0.1) is 5.92 Å². The lowest BCUT2D eigenvalue weighted by Crippen LogP contribution is -2.58. The summed E-state index contributed by atoms with van der Waals surface area (Å²) >= 11 is 0. The Morgan fingerprint density at radius 2 is 1.50 bits per heavy atom. The minimum Gasteiger partial charge on any atom is -0.508 e. The van der Waals surface area contributed by atoms with Crippen molar-refractivity contribution in [2.75, 3.05) is 38.2 Å². The van der Waals surface area contributed by atoms with Crippen molar-refractivity contribution >= 4 is 70.4 Å². The van der Waals surface area contributed by atoms with Crippen LogP contribution in [0.2, 0.25) is 0 Å². The Kier molecular flexibility index (Phi) is 23.6. The average Bonchev–Trinajstić information content (AvgIpc) is 3.43. The van der Waals surface area contributed by atoms with Crippen LogP contribution in [-0.2, 0) is 49.5 Å². The minimum absolute atomic E-state index is 0.00687. The predicted octanol–water partition coefficient (Wildman–Crippen LogP) is 1.07. The van der Waals surface area contributed by atoms with E-state index in [0.717, 1.165) is 54.8 Å². The number of nitrogens with zero attached hydrogens (tertiary/aromatic N) is 4. The zero-order valence-electron chi connectivity index (χ0n) is 44.3. The summed E-state index contributed by atoms with van der Waals surface area (Å²) in [5, 5.41) is 42.3. The van der Waals surface area contributed by atoms with Gasteiger partial charge in [0.15, 0.2) is 5.96 Å². The number of carbonyl (C=O) groups excluding carboxylic acids is 7. The van der Waals surface area contributed by atoms with Crippen LogP contribution in [0.1, 0.15) is 107 Å². The molecule has 2 aromatic heterocycles. The summed E-state index contributed by atoms with van der Waals surface area (Å²) in [6, 6.07) is 9.30. The first-order chi connectivity index (χ1) is 38.6. The second kappa shape index (κ2) is 31.1. The molecule has 1 unspecified atom stereocenters. The van der Waals surface area contributed by atoms with Crippen molar-refractivity contribution in [3.63, 3.8) is 0 Å². The number of nitrogens with two attached hydrogens (primary N) is 2. The second-order valence-corrected chi connectivity index (χ2v) is 19.5. The molecule has 7 amide bonds. The Morgan fingerprint density at radius 1 is 0.775 bits per heavy atom. The van der Waals surface area contributed by atoms with Gasteiger partial charge in [0.05, 0.1) is 60.4 Å². The molecule has 1 saturated heterocycles. The lowest BCUT2D eigenvalue weighted by atomic mass is 9.79. The number of aliphatic carboxylic acids is 1. The van der Waals surface area contributed by atoms with Crippen molar-refractivity contribution in [3.8, 4) is 5.75 Å². The van der Waals surface area contributed by atoms with Crippen LogP contribution in [0.3, 0.4) is 0 Å². The highest BCUT2D eigenvalue weighted by molar-refractivity contribution is 6.04. The van der Waals surface area contributed by atoms with Gasteiger partial charge in [-0.3, -0.25) is 58.7 Å². The highest BCUT2D eigenvalue weighted by atomic mass is 18.2. The van der Waals surface area contributed by atoms with Crippen LogP contribution >= 0.6 is 0 Å². The number of fused-ring (bicyclic) bond motifs is 1. The lowest BCUT2D eigenvalue weighted by molar-refractivity contribution is -0.141. The molecule has 6 atom stereocenters. The third kappa shape index (κ3) is 19.4. The average molecular weight is 1110 g/mol. The summed E-state index contributed by atoms with van der Waals surface area (Å²) in [5.41, 5.74) is 19.2. The number of aliphatic imine (C=N–C) groups is 1. The lowest BCUT2D eigenvalue weighted by Gasteiger charge is -2.32. The van der Waals surface area contributed by atoms with Gasteiger partial charge < -0.3 is 63.6 Å². The third-order valence-corrected chi connectivity index (χ3v) is 13.5. The fourth-order valence-electron chi connectivity index (χ4n) is 9.48. The maximum Gasteiger partial charge on any atom is 0.305 e. The second-order valence-electron chi connectivity index (χ2n) is 19.5. The molecular formula is C54H71FN14O11. The molecular weight excluding hydrogens is 1040 g/mol. The van der Waals surface area contributed by atoms with Crippen molar-refractivity contribution in [2.45, 2.75) is 127 Å². The number of carboxylic acid groups (broad SMARTS) is 1. The molecule has 80 heavy (non-hydrogen) atoms. The van der Waals surface area contributed by atoms with Gasteiger partial charge in [-0.1, -0.05) is 18.2 Å². The number of ether oxygens (including phenoxy) is 1. The molecule has 25 nitrogen and oxygen atoms in total. The van der Waals surface area contributed by atoms with Crippen LogP contribution in [-0.4, -0.2) is 142 Å². The first-order valence-electron chi connectivity index (χ1n) is 26.8. The van der Waals surface area contributed by atoms with E-state index in [1.807, 2.05) is 18.2 Å². The number of pyridine rings is 2. The van der Waals surface area contributed by atoms with Crippen molar-refractivity contribution in [1.82, 2.24) is 47.3 Å². The first kappa shape index (κ1) is 60.7. The summed E-state index contributed by atoms with van der Waals surface area (Å²) in [6.45, 7) is -0.892. The molecule has 2 aliphatic heterocycles. The SMILES string of the molecule is NC(N)=NCCC[C@@H]1NC(=O)[C@H](CCCCNC(=O)CCCC(=O)Nc2ccc(C3=C4CCC[C@@H](OCC[18F])CCC4C(c4ccccn4)=NN3)nc2)NC(=O)[C@@H](Cc2ccc(O)cc2)NC(=O)[C@H](CC(=O)O)NC(=O)CNC1=O. The number of amides is 7. The van der Waals surface area contributed by atoms with Gasteiger partial charge in [0, 0.05) is 44.5 Å². The minimum atomic E-state index is -1.67. The molecule has 4 heterocycles. The number of phenolic OH excluding ortho intramolecular Hbond substituents is 1. The number of anilines is 1. The van der Waals surface area contributed by atoms with E-state index >= 15 is 0 Å². The molecule has 2 fully saturated rings. The van der Waals surface area contributed by atoms with Gasteiger partial charge in [-0.05, 0) is 118 Å². The summed E-state index contributed by atoms with van der Waals surface area (Å²) < 4.78 is 18.7. The van der Waals surface area contributed by atoms with Gasteiger partial charge in [-0.25, -0.2) is 4.39 Å². The summed E-state index contributed by atoms with van der Waals surface area (Å²) in [5.74, 6) is -6.79. The molecule has 14 N–H and O–H groups in total. The maximum absolute atomic E-state index is 14.1. The van der Waals surface area contributed by atoms with E-state index in [1.54, 1.807) is 24.5 Å². The van der Waals surface area contributed by atoms with Gasteiger partial charge in [0.1, 0.15) is 36.6 Å². The summed E-state index contributed by atoms with van der Waals surface area (Å²) in [4.78, 5) is 119. The Hall–Kier alpha value is -8.55. The number of hydrogen-bond acceptors (Lipinski definition) is 15. The monoisotopic (exact) mass is 1110 g/mol. The fraction of sp³-hybridized carbons (Fsp3) is 0.481. The predicted molar refractivity (Wildman–Crippen MR) is 291 cm³/mol. The van der Waals surface area contributed by atoms with Crippen LogP contribution in [0.4, 0.5) is 10.1 Å². The molecule has 0 bridgehead atoms. The standard InChI is InChI=1S/C54H71FN14O11/c55-23-27-80-35-8-5-9-36-37(21-20-35)49(38-10-1-3-24-58-38)69-68-48(36)39-22-17-33(30-61-39)63-45(72)14-6-13-44(71)59-25-4-2-11-41-51(77)65-40(12-7-26-60-54(56)57)50(76)62-31-46(73)64-43(29-47(74)75)53(79)67-42(52(78)66-41)28-32-15-18-34(70)19-16-32/h1,3,10,15-19,22,24,30,35,37,40-43,68,70H,2,4-9,11-14,20-21,23,25-29,31H2,(H,59,71)(H,62,76)(H,63,72)(H,64,73)(H,65,77)(H,66,78)(H,67,79)(H,74,75)(H4,56,57,60)/t35-,37?,40+,41+,42-,43+/m1/s1/i55-1. The summed E-state index contributed by atoms with van der Waals surface area (Å²) in [6.07, 6.45) is 7.13. The highest BCUT2D eigenvalue weighted by Gasteiger charge is 2.35. The van der Waals surface area contributed by atoms with E-state index in [1.165, 1.54) is 24.3 Å². The van der Waals surface area contributed by atoms with E-state index < -0.39 is 79.3 Å². The molecule has 0 radical (unpaired) electrons. The van der Waals surface area contributed by atoms with Gasteiger partial charge in [0.2, 0.25) is 41.4 Å². The Bertz CT molecular complexity index is 2730. The van der Waals surface area contributed by atoms with E-state index in [4.69, 9.17) is 21.3 Å². The number of benzene rings is 1. The summed E-state index contributed by atoms with van der Waals surface area (Å²) in [7, 11) is 0. The quantitative estimate of drug-likeness (QED) is 0.0359. The molecule has 3 aliphatic rings. The van der Waals surface area contributed by atoms with Crippen LogP contribution in [0.5, 0.6) is 5.75 Å². The number of hydrogen-bond donors (Lipinski definition) is 12. The van der Waals surface area contributed by atoms with E-state index in [9.17, 15) is 53.0 Å². The molecule has 26 heteroatoms. The number of carbonyl (C=O) groups is 8. The molecule has 0 spiro atoms. The molecule has 3 aromatic rings. The number of aromatic nitrogens is 2. The van der Waals surface area contributed by atoms with Crippen LogP contribution in [0.15, 0.2) is 82.7 Å². The van der Waals surface area contributed by atoms with Crippen molar-refractivity contribution in [2.24, 2.45) is 27.5 Å². The molecule has 1 aromatic carbocycles. The van der Waals surface area contributed by atoms with Crippen molar-refractivity contribution < 1.29 is 57.7 Å². The molecule has 6 rings (SSSR count). The largest absolute Gasteiger partial charge is 0.508 e. The third-order valence-electron chi connectivity index (χ3n) is 13.5. The van der Waals surface area contributed by atoms with Gasteiger partial charge >= 0.3 is 5.97 Å². The Balaban J connectivity index is 1.03. The number of rotatable bonds is 23. The van der Waals surface area contributed by atoms with Crippen LogP contribution in [0.25, 0.3) is 5.70 Å². The number of hydrazone groups is 1.